The number of hydrogen-bond acceptors (Lipinski definition) is 3. The summed E-state index contributed by atoms with van der Waals surface area (Å²) < 4.78 is 5.55. The van der Waals surface area contributed by atoms with E-state index in [0.717, 1.165) is 25.3 Å². The highest BCUT2D eigenvalue weighted by Crippen LogP contribution is 2.14. The maximum atomic E-state index is 12.3. The zero-order chi connectivity index (χ0) is 13.7. The van der Waals surface area contributed by atoms with Gasteiger partial charge in [0.1, 0.15) is 5.75 Å². The normalized spacial score (nSPS) is 18.6. The molecular weight excluding hydrogens is 240 g/mol. The van der Waals surface area contributed by atoms with Gasteiger partial charge in [0.2, 0.25) is 0 Å². The fraction of sp³-hybridized carbons (Fsp3) is 0.533. The molecule has 1 fully saturated rings. The lowest BCUT2D eigenvalue weighted by Gasteiger charge is -2.32. The number of nitrogens with zero attached hydrogens (tertiary/aromatic N) is 1. The van der Waals surface area contributed by atoms with E-state index in [9.17, 15) is 4.79 Å². The molecule has 0 aromatic heterocycles. The van der Waals surface area contributed by atoms with Gasteiger partial charge in [-0.1, -0.05) is 18.2 Å². The minimum Gasteiger partial charge on any atom is -0.484 e. The lowest BCUT2D eigenvalue weighted by atomic mass is 10.1. The van der Waals surface area contributed by atoms with Crippen LogP contribution in [0.4, 0.5) is 0 Å². The Morgan fingerprint density at radius 3 is 2.74 bits per heavy atom. The van der Waals surface area contributed by atoms with Crippen molar-refractivity contribution in [3.8, 4) is 5.75 Å². The molecule has 1 heterocycles. The maximum Gasteiger partial charge on any atom is 0.261 e. The quantitative estimate of drug-likeness (QED) is 0.877. The minimum absolute atomic E-state index is 0.0625. The first-order valence-corrected chi connectivity index (χ1v) is 6.88. The molecule has 1 aliphatic rings. The molecule has 19 heavy (non-hydrogen) atoms. The molecule has 0 spiro atoms. The molecule has 1 amide bonds. The Kier molecular flexibility index (Phi) is 4.80. The Labute approximate surface area is 114 Å². The molecule has 0 radical (unpaired) electrons. The number of rotatable bonds is 5. The van der Waals surface area contributed by atoms with Crippen molar-refractivity contribution in [2.24, 2.45) is 0 Å². The second kappa shape index (κ2) is 6.57. The van der Waals surface area contributed by atoms with Crippen LogP contribution in [0.5, 0.6) is 5.75 Å². The second-order valence-electron chi connectivity index (χ2n) is 5.14. The Hall–Kier alpha value is -1.55. The van der Waals surface area contributed by atoms with Gasteiger partial charge < -0.3 is 15.0 Å². The minimum atomic E-state index is 0.0625. The first-order valence-electron chi connectivity index (χ1n) is 6.88. The predicted molar refractivity (Wildman–Crippen MR) is 75.2 cm³/mol. The van der Waals surface area contributed by atoms with Crippen LogP contribution in [0.2, 0.25) is 0 Å². The van der Waals surface area contributed by atoms with Gasteiger partial charge in [0.25, 0.3) is 5.91 Å². The summed E-state index contributed by atoms with van der Waals surface area (Å²) in [5.74, 6) is 0.802. The summed E-state index contributed by atoms with van der Waals surface area (Å²) in [6.45, 7) is 6.09. The largest absolute Gasteiger partial charge is 0.484 e. The van der Waals surface area contributed by atoms with Crippen molar-refractivity contribution in [1.82, 2.24) is 10.2 Å². The smallest absolute Gasteiger partial charge is 0.261 e. The van der Waals surface area contributed by atoms with Crippen LogP contribution in [-0.4, -0.2) is 42.6 Å². The van der Waals surface area contributed by atoms with Crippen LogP contribution in [0, 0.1) is 0 Å². The molecule has 1 atom stereocenters. The third-order valence-electron chi connectivity index (χ3n) is 3.38. The molecule has 4 nitrogen and oxygen atoms in total. The topological polar surface area (TPSA) is 41.6 Å². The van der Waals surface area contributed by atoms with Gasteiger partial charge in [-0.2, -0.15) is 0 Å². The van der Waals surface area contributed by atoms with Gasteiger partial charge in [-0.05, 0) is 38.9 Å². The molecule has 1 N–H and O–H groups in total. The summed E-state index contributed by atoms with van der Waals surface area (Å²) in [4.78, 5) is 14.3. The van der Waals surface area contributed by atoms with Crippen LogP contribution in [0.15, 0.2) is 30.3 Å². The van der Waals surface area contributed by atoms with Crippen LogP contribution < -0.4 is 10.1 Å². The van der Waals surface area contributed by atoms with Gasteiger partial charge >= 0.3 is 0 Å². The lowest BCUT2D eigenvalue weighted by molar-refractivity contribution is -0.137. The Bertz CT molecular complexity index is 400. The van der Waals surface area contributed by atoms with Gasteiger partial charge in [0.05, 0.1) is 0 Å². The van der Waals surface area contributed by atoms with E-state index in [-0.39, 0.29) is 18.6 Å². The van der Waals surface area contributed by atoms with Crippen LogP contribution in [0.1, 0.15) is 20.3 Å². The molecule has 2 rings (SSSR count). The number of para-hydroxylation sites is 1. The summed E-state index contributed by atoms with van der Waals surface area (Å²) in [6.07, 6.45) is 1.02. The molecule has 1 unspecified atom stereocenters. The predicted octanol–water partition coefficient (Wildman–Crippen LogP) is 1.66. The first kappa shape index (κ1) is 13.9. The highest BCUT2D eigenvalue weighted by Gasteiger charge is 2.28. The summed E-state index contributed by atoms with van der Waals surface area (Å²) in [7, 11) is 0. The maximum absolute atomic E-state index is 12.3. The molecule has 0 bridgehead atoms. The van der Waals surface area contributed by atoms with Crippen molar-refractivity contribution in [2.45, 2.75) is 32.4 Å². The number of amides is 1. The number of nitrogens with one attached hydrogen (secondary N) is 1. The first-order chi connectivity index (χ1) is 9.18. The van der Waals surface area contributed by atoms with E-state index in [4.69, 9.17) is 4.74 Å². The van der Waals surface area contributed by atoms with Crippen molar-refractivity contribution in [1.29, 1.82) is 0 Å². The van der Waals surface area contributed by atoms with Crippen molar-refractivity contribution in [2.75, 3.05) is 19.7 Å². The number of ether oxygens (including phenoxy) is 1. The van der Waals surface area contributed by atoms with E-state index in [1.807, 2.05) is 35.2 Å². The zero-order valence-electron chi connectivity index (χ0n) is 11.6. The van der Waals surface area contributed by atoms with Crippen molar-refractivity contribution < 1.29 is 9.53 Å². The number of benzene rings is 1. The standard InChI is InChI=1S/C15H22N2O2/c1-12(2)17(13-8-9-16-10-13)15(18)11-19-14-6-4-3-5-7-14/h3-7,12-13,16H,8-11H2,1-2H3. The van der Waals surface area contributed by atoms with E-state index < -0.39 is 0 Å². The Morgan fingerprint density at radius 1 is 1.42 bits per heavy atom. The molecule has 0 saturated carbocycles. The van der Waals surface area contributed by atoms with Gasteiger partial charge in [-0.25, -0.2) is 0 Å². The molecule has 104 valence electrons. The van der Waals surface area contributed by atoms with Crippen LogP contribution in [0.3, 0.4) is 0 Å². The molecule has 1 aliphatic heterocycles. The summed E-state index contributed by atoms with van der Waals surface area (Å²) >= 11 is 0. The number of carbonyl (C=O) groups excluding carboxylic acids is 1. The summed E-state index contributed by atoms with van der Waals surface area (Å²) in [6, 6.07) is 9.97. The molecule has 1 saturated heterocycles. The molecule has 1 aromatic rings. The van der Waals surface area contributed by atoms with Crippen molar-refractivity contribution in [3.05, 3.63) is 30.3 Å². The van der Waals surface area contributed by atoms with E-state index in [0.29, 0.717) is 6.04 Å². The Balaban J connectivity index is 1.92. The van der Waals surface area contributed by atoms with Crippen LogP contribution in [0.25, 0.3) is 0 Å². The summed E-state index contributed by atoms with van der Waals surface area (Å²) in [5.41, 5.74) is 0. The zero-order valence-corrected chi connectivity index (χ0v) is 11.6. The van der Waals surface area contributed by atoms with Gasteiger partial charge in [-0.15, -0.1) is 0 Å². The molecule has 4 heteroatoms. The van der Waals surface area contributed by atoms with Crippen molar-refractivity contribution in [3.63, 3.8) is 0 Å². The third kappa shape index (κ3) is 3.70. The van der Waals surface area contributed by atoms with E-state index in [1.165, 1.54) is 0 Å². The van der Waals surface area contributed by atoms with Gasteiger partial charge in [0.15, 0.2) is 6.61 Å². The van der Waals surface area contributed by atoms with E-state index in [1.54, 1.807) is 0 Å². The highest BCUT2D eigenvalue weighted by molar-refractivity contribution is 5.78. The molecular formula is C15H22N2O2. The lowest BCUT2D eigenvalue weighted by Crippen LogP contribution is -2.47. The van der Waals surface area contributed by atoms with Gasteiger partial charge in [-0.3, -0.25) is 4.79 Å². The van der Waals surface area contributed by atoms with Crippen LogP contribution in [-0.2, 0) is 4.79 Å². The fourth-order valence-electron chi connectivity index (χ4n) is 2.53. The third-order valence-corrected chi connectivity index (χ3v) is 3.38. The van der Waals surface area contributed by atoms with Crippen molar-refractivity contribution >= 4 is 5.91 Å². The van der Waals surface area contributed by atoms with E-state index >= 15 is 0 Å². The second-order valence-corrected chi connectivity index (χ2v) is 5.14. The molecule has 1 aromatic carbocycles. The van der Waals surface area contributed by atoms with Crippen LogP contribution >= 0.6 is 0 Å². The van der Waals surface area contributed by atoms with Gasteiger partial charge in [0, 0.05) is 18.6 Å². The number of carbonyl (C=O) groups is 1. The number of hydrogen-bond donors (Lipinski definition) is 1. The fourth-order valence-corrected chi connectivity index (χ4v) is 2.53. The Morgan fingerprint density at radius 2 is 2.16 bits per heavy atom. The van der Waals surface area contributed by atoms with E-state index in [2.05, 4.69) is 19.2 Å². The summed E-state index contributed by atoms with van der Waals surface area (Å²) in [5, 5.41) is 3.30. The average molecular weight is 262 g/mol. The SMILES string of the molecule is CC(C)N(C(=O)COc1ccccc1)C1CCNC1. The highest BCUT2D eigenvalue weighted by atomic mass is 16.5. The average Bonchev–Trinajstić information content (AvgIpc) is 2.91. The monoisotopic (exact) mass is 262 g/mol. The molecule has 0 aliphatic carbocycles.